The van der Waals surface area contributed by atoms with E-state index < -0.39 is 0 Å². The molecule has 2 heterocycles. The first-order valence-electron chi connectivity index (χ1n) is 6.27. The van der Waals surface area contributed by atoms with Crippen molar-refractivity contribution in [3.8, 4) is 0 Å². The summed E-state index contributed by atoms with van der Waals surface area (Å²) in [6.45, 7) is 4.93. The number of nitrogen functional groups attached to an aromatic ring is 1. The lowest BCUT2D eigenvalue weighted by molar-refractivity contribution is 0.720. The van der Waals surface area contributed by atoms with Gasteiger partial charge in [-0.25, -0.2) is 9.97 Å². The summed E-state index contributed by atoms with van der Waals surface area (Å²) < 4.78 is 2.08. The largest absolute Gasteiger partial charge is 0.369 e. The first-order chi connectivity index (χ1) is 9.15. The molecule has 0 radical (unpaired) electrons. The number of nitrogens with zero attached hydrogens (tertiary/aromatic N) is 3. The van der Waals surface area contributed by atoms with E-state index >= 15 is 0 Å². The van der Waals surface area contributed by atoms with Gasteiger partial charge >= 0.3 is 0 Å². The summed E-state index contributed by atoms with van der Waals surface area (Å²) in [5.41, 5.74) is 10.4. The minimum absolute atomic E-state index is 0.581. The third-order valence-electron chi connectivity index (χ3n) is 3.21. The third-order valence-corrected chi connectivity index (χ3v) is 4.24. The fraction of sp³-hybridized carbons (Fsp3) is 0.286. The van der Waals surface area contributed by atoms with Gasteiger partial charge in [-0.2, -0.15) is 0 Å². The second-order valence-corrected chi connectivity index (χ2v) is 5.64. The predicted octanol–water partition coefficient (Wildman–Crippen LogP) is 2.93. The van der Waals surface area contributed by atoms with Crippen molar-refractivity contribution >= 4 is 28.3 Å². The number of benzene rings is 1. The minimum atomic E-state index is 0.581. The van der Waals surface area contributed by atoms with E-state index in [1.807, 2.05) is 19.1 Å². The number of anilines is 1. The Balaban J connectivity index is 1.94. The van der Waals surface area contributed by atoms with Gasteiger partial charge in [0.25, 0.3) is 0 Å². The van der Waals surface area contributed by atoms with Crippen LogP contribution in [0, 0.1) is 13.8 Å². The fourth-order valence-corrected chi connectivity index (χ4v) is 3.10. The van der Waals surface area contributed by atoms with Gasteiger partial charge in [0, 0.05) is 24.0 Å². The zero-order valence-corrected chi connectivity index (χ0v) is 11.9. The van der Waals surface area contributed by atoms with Crippen molar-refractivity contribution in [3.05, 3.63) is 39.8 Å². The Morgan fingerprint density at radius 2 is 2.11 bits per heavy atom. The molecular weight excluding hydrogens is 256 g/mol. The highest BCUT2D eigenvalue weighted by Crippen LogP contribution is 2.22. The van der Waals surface area contributed by atoms with Gasteiger partial charge in [-0.15, -0.1) is 11.3 Å². The molecule has 98 valence electrons. The molecule has 0 aliphatic carbocycles. The molecule has 3 rings (SSSR count). The van der Waals surface area contributed by atoms with Crippen LogP contribution in [0.5, 0.6) is 0 Å². The molecular formula is C14H16N4S. The molecule has 0 unspecified atom stereocenters. The van der Waals surface area contributed by atoms with Gasteiger partial charge in [0.1, 0.15) is 0 Å². The van der Waals surface area contributed by atoms with Crippen LogP contribution in [0.4, 0.5) is 5.95 Å². The summed E-state index contributed by atoms with van der Waals surface area (Å²) >= 11 is 1.70. The SMILES string of the molecule is Cc1csc(CCn2c(N)nc3cccc(C)c32)n1. The number of rotatable bonds is 3. The van der Waals surface area contributed by atoms with Crippen LogP contribution in [0.2, 0.25) is 0 Å². The van der Waals surface area contributed by atoms with E-state index in [1.165, 1.54) is 5.56 Å². The van der Waals surface area contributed by atoms with Crippen molar-refractivity contribution in [3.63, 3.8) is 0 Å². The second-order valence-electron chi connectivity index (χ2n) is 4.70. The molecule has 3 aromatic rings. The van der Waals surface area contributed by atoms with E-state index in [-0.39, 0.29) is 0 Å². The number of nitrogens with two attached hydrogens (primary N) is 1. The van der Waals surface area contributed by atoms with Crippen molar-refractivity contribution in [2.75, 3.05) is 5.73 Å². The van der Waals surface area contributed by atoms with Crippen molar-refractivity contribution in [2.45, 2.75) is 26.8 Å². The molecule has 2 N–H and O–H groups in total. The highest BCUT2D eigenvalue weighted by Gasteiger charge is 2.10. The normalized spacial score (nSPS) is 11.3. The maximum Gasteiger partial charge on any atom is 0.201 e. The van der Waals surface area contributed by atoms with Gasteiger partial charge in [-0.05, 0) is 25.5 Å². The molecule has 1 aromatic carbocycles. The molecule has 0 aliphatic rings. The molecule has 0 bridgehead atoms. The van der Waals surface area contributed by atoms with E-state index in [2.05, 4.69) is 32.9 Å². The highest BCUT2D eigenvalue weighted by molar-refractivity contribution is 7.09. The standard InChI is InChI=1S/C14H16N4S/c1-9-4-3-5-11-13(9)18(14(15)17-11)7-6-12-16-10(2)8-19-12/h3-5,8H,6-7H2,1-2H3,(H2,15,17). The van der Waals surface area contributed by atoms with Gasteiger partial charge < -0.3 is 10.3 Å². The number of thiazole rings is 1. The van der Waals surface area contributed by atoms with Gasteiger partial charge in [-0.3, -0.25) is 0 Å². The smallest absolute Gasteiger partial charge is 0.201 e. The average molecular weight is 272 g/mol. The summed E-state index contributed by atoms with van der Waals surface area (Å²) in [5.74, 6) is 0.581. The molecule has 2 aromatic heterocycles. The Morgan fingerprint density at radius 1 is 1.26 bits per heavy atom. The van der Waals surface area contributed by atoms with Crippen LogP contribution in [0.25, 0.3) is 11.0 Å². The zero-order chi connectivity index (χ0) is 13.4. The quantitative estimate of drug-likeness (QED) is 0.797. The summed E-state index contributed by atoms with van der Waals surface area (Å²) in [4.78, 5) is 8.90. The second kappa shape index (κ2) is 4.66. The third kappa shape index (κ3) is 2.21. The van der Waals surface area contributed by atoms with Gasteiger partial charge in [0.15, 0.2) is 0 Å². The van der Waals surface area contributed by atoms with Crippen molar-refractivity contribution in [1.82, 2.24) is 14.5 Å². The van der Waals surface area contributed by atoms with Crippen LogP contribution in [-0.2, 0) is 13.0 Å². The number of hydrogen-bond acceptors (Lipinski definition) is 4. The van der Waals surface area contributed by atoms with Crippen molar-refractivity contribution < 1.29 is 0 Å². The first kappa shape index (κ1) is 12.2. The Labute approximate surface area is 115 Å². The Kier molecular flexibility index (Phi) is 2.98. The van der Waals surface area contributed by atoms with Gasteiger partial charge in [0.05, 0.1) is 16.0 Å². The topological polar surface area (TPSA) is 56.7 Å². The number of para-hydroxylation sites is 1. The Bertz CT molecular complexity index is 726. The number of aryl methyl sites for hydroxylation is 4. The van der Waals surface area contributed by atoms with Crippen LogP contribution >= 0.6 is 11.3 Å². The molecule has 0 saturated heterocycles. The lowest BCUT2D eigenvalue weighted by Crippen LogP contribution is -2.06. The lowest BCUT2D eigenvalue weighted by Gasteiger charge is -2.06. The Morgan fingerprint density at radius 3 is 2.84 bits per heavy atom. The molecule has 0 saturated carbocycles. The Hall–Kier alpha value is -1.88. The number of hydrogen-bond donors (Lipinski definition) is 1. The van der Waals surface area contributed by atoms with Crippen LogP contribution in [0.3, 0.4) is 0 Å². The molecule has 0 spiro atoms. The summed E-state index contributed by atoms with van der Waals surface area (Å²) in [6.07, 6.45) is 0.891. The molecule has 19 heavy (non-hydrogen) atoms. The van der Waals surface area contributed by atoms with Gasteiger partial charge in [-0.1, -0.05) is 12.1 Å². The molecule has 5 heteroatoms. The number of fused-ring (bicyclic) bond motifs is 1. The lowest BCUT2D eigenvalue weighted by atomic mass is 10.2. The minimum Gasteiger partial charge on any atom is -0.369 e. The number of aromatic nitrogens is 3. The van der Waals surface area contributed by atoms with E-state index in [9.17, 15) is 0 Å². The van der Waals surface area contributed by atoms with E-state index in [0.717, 1.165) is 34.7 Å². The number of imidazole rings is 1. The summed E-state index contributed by atoms with van der Waals surface area (Å²) in [6, 6.07) is 6.11. The maximum absolute atomic E-state index is 6.03. The molecule has 4 nitrogen and oxygen atoms in total. The van der Waals surface area contributed by atoms with E-state index in [1.54, 1.807) is 11.3 Å². The molecule has 0 amide bonds. The first-order valence-corrected chi connectivity index (χ1v) is 7.15. The monoisotopic (exact) mass is 272 g/mol. The van der Waals surface area contributed by atoms with Crippen molar-refractivity contribution in [2.24, 2.45) is 0 Å². The summed E-state index contributed by atoms with van der Waals surface area (Å²) in [7, 11) is 0. The molecule has 0 aliphatic heterocycles. The van der Waals surface area contributed by atoms with Crippen LogP contribution in [-0.4, -0.2) is 14.5 Å². The molecule has 0 fully saturated rings. The van der Waals surface area contributed by atoms with E-state index in [4.69, 9.17) is 5.73 Å². The predicted molar refractivity (Wildman–Crippen MR) is 79.4 cm³/mol. The summed E-state index contributed by atoms with van der Waals surface area (Å²) in [5, 5.41) is 3.23. The maximum atomic E-state index is 6.03. The van der Waals surface area contributed by atoms with Gasteiger partial charge in [0.2, 0.25) is 5.95 Å². The highest BCUT2D eigenvalue weighted by atomic mass is 32.1. The molecule has 0 atom stereocenters. The van der Waals surface area contributed by atoms with Crippen LogP contribution in [0.15, 0.2) is 23.6 Å². The van der Waals surface area contributed by atoms with Crippen LogP contribution in [0.1, 0.15) is 16.3 Å². The zero-order valence-electron chi connectivity index (χ0n) is 11.1. The van der Waals surface area contributed by atoms with E-state index in [0.29, 0.717) is 5.95 Å². The average Bonchev–Trinajstić information content (AvgIpc) is 2.91. The van der Waals surface area contributed by atoms with Crippen LogP contribution < -0.4 is 5.73 Å². The van der Waals surface area contributed by atoms with Crippen molar-refractivity contribution in [1.29, 1.82) is 0 Å². The fourth-order valence-electron chi connectivity index (χ4n) is 2.33.